The molecular formula is C27H38N2O3. The van der Waals surface area contributed by atoms with Gasteiger partial charge in [-0.25, -0.2) is 0 Å². The number of nitrogens with zero attached hydrogens (tertiary/aromatic N) is 2. The highest BCUT2D eigenvalue weighted by Gasteiger charge is 2.45. The van der Waals surface area contributed by atoms with Crippen LogP contribution in [0.4, 0.5) is 0 Å². The van der Waals surface area contributed by atoms with Crippen LogP contribution in [0.25, 0.3) is 5.57 Å². The number of carbonyl (C=O) groups is 2. The number of amides is 2. The molecule has 32 heavy (non-hydrogen) atoms. The predicted octanol–water partition coefficient (Wildman–Crippen LogP) is 5.26. The zero-order chi connectivity index (χ0) is 22.7. The molecule has 1 aromatic rings. The molecule has 0 unspecified atom stereocenters. The summed E-state index contributed by atoms with van der Waals surface area (Å²) in [5, 5.41) is 0. The van der Waals surface area contributed by atoms with E-state index < -0.39 is 0 Å². The summed E-state index contributed by atoms with van der Waals surface area (Å²) in [6.07, 6.45) is 8.55. The Morgan fingerprint density at radius 1 is 0.906 bits per heavy atom. The van der Waals surface area contributed by atoms with Crippen LogP contribution in [0.1, 0.15) is 77.7 Å². The molecule has 0 atom stereocenters. The average molecular weight is 439 g/mol. The van der Waals surface area contributed by atoms with Gasteiger partial charge in [0.05, 0.1) is 12.2 Å². The largest absolute Gasteiger partial charge is 0.493 e. The van der Waals surface area contributed by atoms with Crippen LogP contribution in [0, 0.1) is 11.8 Å². The Bertz CT molecular complexity index is 842. The Morgan fingerprint density at radius 3 is 2.12 bits per heavy atom. The minimum Gasteiger partial charge on any atom is -0.493 e. The lowest BCUT2D eigenvalue weighted by Gasteiger charge is -2.33. The van der Waals surface area contributed by atoms with Gasteiger partial charge >= 0.3 is 0 Å². The molecule has 0 N–H and O–H groups in total. The van der Waals surface area contributed by atoms with E-state index in [9.17, 15) is 9.59 Å². The highest BCUT2D eigenvalue weighted by molar-refractivity contribution is 6.35. The second-order valence-electron chi connectivity index (χ2n) is 10.2. The van der Waals surface area contributed by atoms with Gasteiger partial charge in [0.1, 0.15) is 11.4 Å². The van der Waals surface area contributed by atoms with Gasteiger partial charge in [-0.15, -0.1) is 0 Å². The highest BCUT2D eigenvalue weighted by Crippen LogP contribution is 2.37. The molecule has 2 amide bonds. The fourth-order valence-electron chi connectivity index (χ4n) is 5.15. The highest BCUT2D eigenvalue weighted by atomic mass is 16.5. The van der Waals surface area contributed by atoms with Crippen molar-refractivity contribution < 1.29 is 14.3 Å². The molecule has 0 aromatic heterocycles. The van der Waals surface area contributed by atoms with Crippen molar-refractivity contribution in [3.05, 3.63) is 35.5 Å². The van der Waals surface area contributed by atoms with Gasteiger partial charge in [0, 0.05) is 19.1 Å². The van der Waals surface area contributed by atoms with Crippen LogP contribution >= 0.6 is 0 Å². The van der Waals surface area contributed by atoms with E-state index in [0.717, 1.165) is 62.9 Å². The van der Waals surface area contributed by atoms with Crippen molar-refractivity contribution in [2.75, 3.05) is 19.7 Å². The SMILES string of the molecule is CC(C)COc1ccc(C2=C(N3CCC(C)CC3)C(=O)N(C3CCCCCC3)C2=O)cc1. The van der Waals surface area contributed by atoms with Crippen molar-refractivity contribution in [1.82, 2.24) is 9.80 Å². The van der Waals surface area contributed by atoms with Crippen LogP contribution < -0.4 is 4.74 Å². The van der Waals surface area contributed by atoms with E-state index in [1.165, 1.54) is 12.8 Å². The first-order chi connectivity index (χ1) is 15.5. The van der Waals surface area contributed by atoms with Crippen LogP contribution in [0.15, 0.2) is 30.0 Å². The molecule has 174 valence electrons. The van der Waals surface area contributed by atoms with Crippen molar-refractivity contribution >= 4 is 17.4 Å². The number of likely N-dealkylation sites (tertiary alicyclic amines) is 1. The van der Waals surface area contributed by atoms with E-state index in [1.54, 1.807) is 4.90 Å². The summed E-state index contributed by atoms with van der Waals surface area (Å²) in [5.74, 6) is 1.73. The molecule has 0 radical (unpaired) electrons. The summed E-state index contributed by atoms with van der Waals surface area (Å²) >= 11 is 0. The number of rotatable bonds is 6. The minimum absolute atomic E-state index is 0.0300. The average Bonchev–Trinajstić information content (AvgIpc) is 2.94. The van der Waals surface area contributed by atoms with E-state index in [4.69, 9.17) is 4.74 Å². The third kappa shape index (κ3) is 4.87. The van der Waals surface area contributed by atoms with Crippen molar-refractivity contribution in [3.63, 3.8) is 0 Å². The smallest absolute Gasteiger partial charge is 0.278 e. The second-order valence-corrected chi connectivity index (χ2v) is 10.2. The lowest BCUT2D eigenvalue weighted by Crippen LogP contribution is -2.43. The molecule has 0 bridgehead atoms. The Hall–Kier alpha value is -2.30. The lowest BCUT2D eigenvalue weighted by molar-refractivity contribution is -0.140. The first-order valence-corrected chi connectivity index (χ1v) is 12.6. The van der Waals surface area contributed by atoms with Gasteiger partial charge in [-0.3, -0.25) is 14.5 Å². The Balaban J connectivity index is 1.65. The molecule has 0 spiro atoms. The second kappa shape index (κ2) is 10.1. The summed E-state index contributed by atoms with van der Waals surface area (Å²) in [5.41, 5.74) is 2.04. The van der Waals surface area contributed by atoms with Gasteiger partial charge in [0.15, 0.2) is 0 Å². The molecule has 1 aromatic carbocycles. The van der Waals surface area contributed by atoms with E-state index in [2.05, 4.69) is 25.7 Å². The number of hydrogen-bond acceptors (Lipinski definition) is 4. The maximum Gasteiger partial charge on any atom is 0.278 e. The molecule has 1 saturated carbocycles. The zero-order valence-electron chi connectivity index (χ0n) is 19.9. The van der Waals surface area contributed by atoms with Crippen molar-refractivity contribution in [2.24, 2.45) is 11.8 Å². The number of ether oxygens (including phenoxy) is 1. The maximum absolute atomic E-state index is 13.7. The topological polar surface area (TPSA) is 49.9 Å². The number of hydrogen-bond donors (Lipinski definition) is 0. The number of imide groups is 1. The molecule has 2 heterocycles. The normalized spacial score (nSPS) is 21.6. The van der Waals surface area contributed by atoms with Gasteiger partial charge in [-0.05, 0) is 55.2 Å². The molecule has 2 aliphatic heterocycles. The van der Waals surface area contributed by atoms with E-state index >= 15 is 0 Å². The fraction of sp³-hybridized carbons (Fsp3) is 0.630. The van der Waals surface area contributed by atoms with Gasteiger partial charge in [0.2, 0.25) is 0 Å². The number of carbonyl (C=O) groups excluding carboxylic acids is 2. The lowest BCUT2D eigenvalue weighted by atomic mass is 9.97. The van der Waals surface area contributed by atoms with Gasteiger partial charge in [0.25, 0.3) is 11.8 Å². The molecule has 5 heteroatoms. The van der Waals surface area contributed by atoms with E-state index in [1.807, 2.05) is 24.3 Å². The predicted molar refractivity (Wildman–Crippen MR) is 127 cm³/mol. The summed E-state index contributed by atoms with van der Waals surface area (Å²) in [6, 6.07) is 7.76. The third-order valence-electron chi connectivity index (χ3n) is 7.11. The molecular weight excluding hydrogens is 400 g/mol. The van der Waals surface area contributed by atoms with Crippen LogP contribution in [-0.4, -0.2) is 47.4 Å². The summed E-state index contributed by atoms with van der Waals surface area (Å²) in [4.78, 5) is 31.2. The van der Waals surface area contributed by atoms with E-state index in [0.29, 0.717) is 29.7 Å². The minimum atomic E-state index is -0.105. The first-order valence-electron chi connectivity index (χ1n) is 12.6. The van der Waals surface area contributed by atoms with Gasteiger partial charge < -0.3 is 9.64 Å². The van der Waals surface area contributed by atoms with Crippen LogP contribution in [0.3, 0.4) is 0 Å². The van der Waals surface area contributed by atoms with Crippen LogP contribution in [-0.2, 0) is 9.59 Å². The standard InChI is InChI=1S/C27H38N2O3/c1-19(2)18-32-23-12-10-21(11-13-23)24-25(28-16-14-20(3)15-17-28)27(31)29(26(24)30)22-8-6-4-5-7-9-22/h10-13,19-20,22H,4-9,14-18H2,1-3H3. The molecule has 5 nitrogen and oxygen atoms in total. The molecule has 1 aliphatic carbocycles. The molecule has 1 saturated heterocycles. The third-order valence-corrected chi connectivity index (χ3v) is 7.11. The van der Waals surface area contributed by atoms with Gasteiger partial charge in [-0.2, -0.15) is 0 Å². The van der Waals surface area contributed by atoms with Crippen LogP contribution in [0.5, 0.6) is 5.75 Å². The maximum atomic E-state index is 13.7. The first kappa shape index (κ1) is 22.9. The summed E-state index contributed by atoms with van der Waals surface area (Å²) in [7, 11) is 0. The number of benzene rings is 1. The Labute approximate surface area is 192 Å². The van der Waals surface area contributed by atoms with Gasteiger partial charge in [-0.1, -0.05) is 58.6 Å². The van der Waals surface area contributed by atoms with Crippen molar-refractivity contribution in [1.29, 1.82) is 0 Å². The van der Waals surface area contributed by atoms with E-state index in [-0.39, 0.29) is 17.9 Å². The monoisotopic (exact) mass is 438 g/mol. The van der Waals surface area contributed by atoms with Crippen molar-refractivity contribution in [2.45, 2.75) is 78.2 Å². The quantitative estimate of drug-likeness (QED) is 0.449. The fourth-order valence-corrected chi connectivity index (χ4v) is 5.15. The van der Waals surface area contributed by atoms with Crippen LogP contribution in [0.2, 0.25) is 0 Å². The van der Waals surface area contributed by atoms with Crippen molar-refractivity contribution in [3.8, 4) is 5.75 Å². The Kier molecular flexibility index (Phi) is 7.22. The summed E-state index contributed by atoms with van der Waals surface area (Å²) in [6.45, 7) is 8.85. The Morgan fingerprint density at radius 2 is 1.53 bits per heavy atom. The number of piperidine rings is 1. The summed E-state index contributed by atoms with van der Waals surface area (Å²) < 4.78 is 5.83. The molecule has 3 aliphatic rings. The molecule has 2 fully saturated rings. The molecule has 4 rings (SSSR count). The zero-order valence-corrected chi connectivity index (χ0v) is 19.9.